The molecule has 0 atom stereocenters. The second-order valence-electron chi connectivity index (χ2n) is 3.23. The molecule has 1 aromatic heterocycles. The third-order valence-electron chi connectivity index (χ3n) is 2.32. The predicted molar refractivity (Wildman–Crippen MR) is 63.3 cm³/mol. The molecule has 0 radical (unpaired) electrons. The van der Waals surface area contributed by atoms with Crippen molar-refractivity contribution in [3.8, 4) is 0 Å². The maximum Gasteiger partial charge on any atom is 0.280 e. The Hall–Kier alpha value is -2.43. The van der Waals surface area contributed by atoms with E-state index in [2.05, 4.69) is 9.97 Å². The fraction of sp³-hybridized carbons (Fsp3) is 0. The van der Waals surface area contributed by atoms with Gasteiger partial charge in [-0.25, -0.2) is 0 Å². The molecule has 4 N–H and O–H groups in total. The largest absolute Gasteiger partial charge is 0.404 e. The predicted octanol–water partition coefficient (Wildman–Crippen LogP) is 0.872. The van der Waals surface area contributed by atoms with Gasteiger partial charge in [-0.2, -0.15) is 4.98 Å². The molecule has 2 aromatic rings. The van der Waals surface area contributed by atoms with Gasteiger partial charge in [-0.15, -0.1) is 0 Å². The Kier molecular flexibility index (Phi) is 2.51. The summed E-state index contributed by atoms with van der Waals surface area (Å²) in [7, 11) is 0. The molecular weight excluding hydrogens is 204 g/mol. The van der Waals surface area contributed by atoms with Crippen LogP contribution in [0.1, 0.15) is 5.56 Å². The summed E-state index contributed by atoms with van der Waals surface area (Å²) in [6.45, 7) is 0. The van der Waals surface area contributed by atoms with Crippen LogP contribution in [0, 0.1) is 5.41 Å². The number of nitrogens with zero attached hydrogens (tertiary/aromatic N) is 1. The van der Waals surface area contributed by atoms with Crippen molar-refractivity contribution < 1.29 is 0 Å². The van der Waals surface area contributed by atoms with Crippen molar-refractivity contribution in [1.29, 1.82) is 5.41 Å². The van der Waals surface area contributed by atoms with Crippen LogP contribution in [0.2, 0.25) is 0 Å². The molecule has 0 aliphatic heterocycles. The first-order chi connectivity index (χ1) is 7.76. The maximum atomic E-state index is 11.5. The number of allylic oxidation sites excluding steroid dienone is 1. The molecule has 1 aromatic carbocycles. The molecule has 0 amide bonds. The molecule has 1 heterocycles. The zero-order valence-corrected chi connectivity index (χ0v) is 8.40. The number of nitrogens with one attached hydrogen (secondary N) is 2. The summed E-state index contributed by atoms with van der Waals surface area (Å²) in [5, 5.41) is 7.67. The lowest BCUT2D eigenvalue weighted by atomic mass is 10.1. The van der Waals surface area contributed by atoms with Crippen LogP contribution >= 0.6 is 0 Å². The first kappa shape index (κ1) is 10.1. The van der Waals surface area contributed by atoms with Crippen LogP contribution in [-0.2, 0) is 0 Å². The Balaban J connectivity index is 2.73. The molecule has 80 valence electrons. The molecule has 5 nitrogen and oxygen atoms in total. The Morgan fingerprint density at radius 2 is 2.31 bits per heavy atom. The van der Waals surface area contributed by atoms with E-state index in [1.54, 1.807) is 18.2 Å². The molecule has 5 heteroatoms. The van der Waals surface area contributed by atoms with Gasteiger partial charge in [0.1, 0.15) is 0 Å². The van der Waals surface area contributed by atoms with Crippen LogP contribution in [0.15, 0.2) is 35.5 Å². The summed E-state index contributed by atoms with van der Waals surface area (Å²) >= 11 is 0. The van der Waals surface area contributed by atoms with Gasteiger partial charge in [0.2, 0.25) is 0 Å². The van der Waals surface area contributed by atoms with E-state index < -0.39 is 0 Å². The Bertz CT molecular complexity index is 627. The standard InChI is InChI=1S/C11H10N4O/c12-4-8(5-13)7-1-2-10-9(3-7)11(16)15-6-14-10/h1-6,12H,13H2,(H,14,15,16)/b8-5+,12-4?. The lowest BCUT2D eigenvalue weighted by Gasteiger charge is -2.02. The van der Waals surface area contributed by atoms with Crippen molar-refractivity contribution >= 4 is 22.7 Å². The quantitative estimate of drug-likeness (QED) is 0.647. The number of rotatable bonds is 2. The van der Waals surface area contributed by atoms with Gasteiger partial charge in [0.05, 0.1) is 17.2 Å². The Labute approximate surface area is 91.1 Å². The normalized spacial score (nSPS) is 11.6. The fourth-order valence-corrected chi connectivity index (χ4v) is 1.48. The van der Waals surface area contributed by atoms with Gasteiger partial charge in [-0.3, -0.25) is 4.79 Å². The van der Waals surface area contributed by atoms with Crippen LogP contribution in [0.4, 0.5) is 0 Å². The average molecular weight is 214 g/mol. The van der Waals surface area contributed by atoms with E-state index in [0.717, 1.165) is 11.8 Å². The van der Waals surface area contributed by atoms with E-state index in [1.165, 1.54) is 12.5 Å². The van der Waals surface area contributed by atoms with Gasteiger partial charge in [0, 0.05) is 18.0 Å². The van der Waals surface area contributed by atoms with E-state index in [9.17, 15) is 4.79 Å². The molecule has 0 saturated heterocycles. The SMILES string of the molecule is N=C/C(=C\N)c1ccc2[nH]cnc(=O)c2c1. The van der Waals surface area contributed by atoms with E-state index in [1.807, 2.05) is 0 Å². The molecule has 0 spiro atoms. The molecule has 0 fully saturated rings. The number of hydrogen-bond acceptors (Lipinski definition) is 4. The average Bonchev–Trinajstić information content (AvgIpc) is 2.32. The summed E-state index contributed by atoms with van der Waals surface area (Å²) in [6, 6.07) is 5.23. The van der Waals surface area contributed by atoms with Crippen molar-refractivity contribution in [2.24, 2.45) is 5.73 Å². The van der Waals surface area contributed by atoms with Crippen LogP contribution in [0.25, 0.3) is 16.5 Å². The molecule has 0 saturated carbocycles. The second-order valence-corrected chi connectivity index (χ2v) is 3.23. The van der Waals surface area contributed by atoms with E-state index in [4.69, 9.17) is 11.1 Å². The number of benzene rings is 1. The zero-order chi connectivity index (χ0) is 11.5. The number of nitrogens with two attached hydrogens (primary N) is 1. The van der Waals surface area contributed by atoms with Crippen molar-refractivity contribution in [2.45, 2.75) is 0 Å². The highest BCUT2D eigenvalue weighted by Gasteiger charge is 2.03. The highest BCUT2D eigenvalue weighted by molar-refractivity contribution is 6.09. The minimum atomic E-state index is -0.294. The summed E-state index contributed by atoms with van der Waals surface area (Å²) in [5.41, 5.74) is 7.09. The topological polar surface area (TPSA) is 95.6 Å². The molecule has 0 aliphatic rings. The van der Waals surface area contributed by atoms with Crippen LogP contribution in [0.5, 0.6) is 0 Å². The highest BCUT2D eigenvalue weighted by atomic mass is 16.1. The molecule has 0 bridgehead atoms. The number of fused-ring (bicyclic) bond motifs is 1. The lowest BCUT2D eigenvalue weighted by Crippen LogP contribution is -2.06. The van der Waals surface area contributed by atoms with Gasteiger partial charge < -0.3 is 16.1 Å². The van der Waals surface area contributed by atoms with Gasteiger partial charge in [-0.05, 0) is 17.7 Å². The van der Waals surface area contributed by atoms with Gasteiger partial charge in [-0.1, -0.05) is 6.07 Å². The third kappa shape index (κ3) is 1.58. The summed E-state index contributed by atoms with van der Waals surface area (Å²) in [5.74, 6) is 0. The number of H-pyrrole nitrogens is 1. The van der Waals surface area contributed by atoms with E-state index >= 15 is 0 Å². The maximum absolute atomic E-state index is 11.5. The second kappa shape index (κ2) is 3.98. The zero-order valence-electron chi connectivity index (χ0n) is 8.40. The molecule has 0 unspecified atom stereocenters. The number of aromatic nitrogens is 2. The molecule has 0 aliphatic carbocycles. The molecule has 2 rings (SSSR count). The van der Waals surface area contributed by atoms with Crippen molar-refractivity contribution in [3.63, 3.8) is 0 Å². The van der Waals surface area contributed by atoms with Gasteiger partial charge >= 0.3 is 0 Å². The molecule has 16 heavy (non-hydrogen) atoms. The van der Waals surface area contributed by atoms with Crippen LogP contribution in [0.3, 0.4) is 0 Å². The minimum absolute atomic E-state index is 0.294. The summed E-state index contributed by atoms with van der Waals surface area (Å²) in [4.78, 5) is 18.0. The molecular formula is C11H10N4O. The number of aromatic amines is 1. The van der Waals surface area contributed by atoms with Crippen LogP contribution < -0.4 is 11.3 Å². The summed E-state index contributed by atoms with van der Waals surface area (Å²) in [6.07, 6.45) is 3.84. The van der Waals surface area contributed by atoms with E-state index in [-0.39, 0.29) is 5.56 Å². The summed E-state index contributed by atoms with van der Waals surface area (Å²) < 4.78 is 0. The first-order valence-corrected chi connectivity index (χ1v) is 4.66. The fourth-order valence-electron chi connectivity index (χ4n) is 1.48. The van der Waals surface area contributed by atoms with Crippen molar-refractivity contribution in [3.05, 3.63) is 46.6 Å². The Morgan fingerprint density at radius 1 is 1.50 bits per heavy atom. The number of hydrogen-bond donors (Lipinski definition) is 3. The van der Waals surface area contributed by atoms with Crippen molar-refractivity contribution in [2.75, 3.05) is 0 Å². The van der Waals surface area contributed by atoms with Gasteiger partial charge in [0.25, 0.3) is 5.56 Å². The Morgan fingerprint density at radius 3 is 3.00 bits per heavy atom. The highest BCUT2D eigenvalue weighted by Crippen LogP contribution is 2.15. The third-order valence-corrected chi connectivity index (χ3v) is 2.32. The first-order valence-electron chi connectivity index (χ1n) is 4.66. The van der Waals surface area contributed by atoms with Crippen molar-refractivity contribution in [1.82, 2.24) is 9.97 Å². The monoisotopic (exact) mass is 214 g/mol. The lowest BCUT2D eigenvalue weighted by molar-refractivity contribution is 1.17. The smallest absolute Gasteiger partial charge is 0.280 e. The van der Waals surface area contributed by atoms with Crippen LogP contribution in [-0.4, -0.2) is 16.2 Å². The van der Waals surface area contributed by atoms with E-state index in [0.29, 0.717) is 16.5 Å². The minimum Gasteiger partial charge on any atom is -0.404 e. The van der Waals surface area contributed by atoms with Gasteiger partial charge in [0.15, 0.2) is 0 Å².